The summed E-state index contributed by atoms with van der Waals surface area (Å²) in [4.78, 5) is 17.0. The Balaban J connectivity index is 1.38. The summed E-state index contributed by atoms with van der Waals surface area (Å²) < 4.78 is 11.4. The van der Waals surface area contributed by atoms with E-state index in [0.29, 0.717) is 24.5 Å². The van der Waals surface area contributed by atoms with Crippen LogP contribution in [0.25, 0.3) is 11.1 Å². The zero-order valence-electron chi connectivity index (χ0n) is 17.1. The van der Waals surface area contributed by atoms with Gasteiger partial charge in [-0.05, 0) is 73.0 Å². The number of carbonyl (C=O) groups excluding carboxylic acids is 1. The van der Waals surface area contributed by atoms with Crippen LogP contribution in [0.15, 0.2) is 71.1 Å². The van der Waals surface area contributed by atoms with Gasteiger partial charge in [0.05, 0.1) is 6.61 Å². The number of amides is 1. The lowest BCUT2D eigenvalue weighted by Gasteiger charge is -2.08. The Morgan fingerprint density at radius 1 is 1.03 bits per heavy atom. The molecule has 0 spiro atoms. The van der Waals surface area contributed by atoms with Gasteiger partial charge in [0, 0.05) is 17.7 Å². The zero-order chi connectivity index (χ0) is 20.9. The maximum absolute atomic E-state index is 12.5. The van der Waals surface area contributed by atoms with Crippen molar-refractivity contribution in [3.8, 4) is 5.75 Å². The first kappa shape index (κ1) is 19.7. The lowest BCUT2D eigenvalue weighted by molar-refractivity contribution is 0.102. The molecule has 3 aromatic carbocycles. The first-order valence-electron chi connectivity index (χ1n) is 10.1. The van der Waals surface area contributed by atoms with Crippen LogP contribution in [0.5, 0.6) is 5.75 Å². The molecule has 30 heavy (non-hydrogen) atoms. The number of hydrogen-bond acceptors (Lipinski definition) is 4. The number of oxazole rings is 1. The van der Waals surface area contributed by atoms with E-state index in [9.17, 15) is 4.79 Å². The minimum atomic E-state index is -0.154. The van der Waals surface area contributed by atoms with Crippen LogP contribution in [-0.4, -0.2) is 17.5 Å². The van der Waals surface area contributed by atoms with E-state index in [2.05, 4.69) is 17.2 Å². The van der Waals surface area contributed by atoms with E-state index in [1.165, 1.54) is 0 Å². The predicted molar refractivity (Wildman–Crippen MR) is 118 cm³/mol. The van der Waals surface area contributed by atoms with Gasteiger partial charge < -0.3 is 14.5 Å². The number of nitrogens with zero attached hydrogens (tertiary/aromatic N) is 1. The monoisotopic (exact) mass is 400 g/mol. The quantitative estimate of drug-likeness (QED) is 0.428. The molecule has 0 saturated carbocycles. The molecule has 0 unspecified atom stereocenters. The standard InChI is InChI=1S/C25H24N2O3/c1-3-14-29-21-11-7-19(8-12-21)25(28)26-20-9-5-18(6-10-20)16-24-27-22-15-17(2)4-13-23(22)30-24/h4-13,15H,3,14,16H2,1-2H3,(H,26,28). The number of ether oxygens (including phenoxy) is 1. The topological polar surface area (TPSA) is 64.4 Å². The smallest absolute Gasteiger partial charge is 0.255 e. The van der Waals surface area contributed by atoms with E-state index in [0.717, 1.165) is 40.1 Å². The molecule has 5 heteroatoms. The molecule has 1 heterocycles. The summed E-state index contributed by atoms with van der Waals surface area (Å²) in [7, 11) is 0. The van der Waals surface area contributed by atoms with Crippen molar-refractivity contribution < 1.29 is 13.9 Å². The van der Waals surface area contributed by atoms with Gasteiger partial charge in [-0.25, -0.2) is 4.98 Å². The highest BCUT2D eigenvalue weighted by Gasteiger charge is 2.09. The summed E-state index contributed by atoms with van der Waals surface area (Å²) >= 11 is 0. The molecule has 0 aliphatic rings. The molecule has 4 rings (SSSR count). The number of benzene rings is 3. The van der Waals surface area contributed by atoms with Gasteiger partial charge in [0.1, 0.15) is 11.3 Å². The van der Waals surface area contributed by atoms with E-state index in [4.69, 9.17) is 9.15 Å². The molecule has 4 aromatic rings. The normalized spacial score (nSPS) is 10.9. The molecule has 0 atom stereocenters. The SMILES string of the molecule is CCCOc1ccc(C(=O)Nc2ccc(Cc3nc4cc(C)ccc4o3)cc2)cc1. The Kier molecular flexibility index (Phi) is 5.80. The largest absolute Gasteiger partial charge is 0.494 e. The van der Waals surface area contributed by atoms with Crippen LogP contribution >= 0.6 is 0 Å². The van der Waals surface area contributed by atoms with Crippen molar-refractivity contribution in [2.45, 2.75) is 26.7 Å². The fourth-order valence-electron chi connectivity index (χ4n) is 3.17. The van der Waals surface area contributed by atoms with Crippen LogP contribution in [0, 0.1) is 6.92 Å². The highest BCUT2D eigenvalue weighted by Crippen LogP contribution is 2.20. The molecule has 0 bridgehead atoms. The third-order valence-corrected chi connectivity index (χ3v) is 4.74. The predicted octanol–water partition coefficient (Wildman–Crippen LogP) is 5.77. The van der Waals surface area contributed by atoms with Crippen molar-refractivity contribution >= 4 is 22.7 Å². The van der Waals surface area contributed by atoms with Crippen LogP contribution < -0.4 is 10.1 Å². The van der Waals surface area contributed by atoms with Crippen LogP contribution in [0.2, 0.25) is 0 Å². The maximum atomic E-state index is 12.5. The third-order valence-electron chi connectivity index (χ3n) is 4.74. The molecule has 152 valence electrons. The molecule has 0 radical (unpaired) electrons. The second-order valence-electron chi connectivity index (χ2n) is 7.28. The number of aryl methyl sites for hydroxylation is 1. The molecule has 1 N–H and O–H groups in total. The zero-order valence-corrected chi connectivity index (χ0v) is 17.1. The summed E-state index contributed by atoms with van der Waals surface area (Å²) in [6.07, 6.45) is 1.55. The van der Waals surface area contributed by atoms with Crippen LogP contribution in [0.1, 0.15) is 40.7 Å². The molecular formula is C25H24N2O3. The third kappa shape index (κ3) is 4.69. The van der Waals surface area contributed by atoms with Crippen molar-refractivity contribution in [2.24, 2.45) is 0 Å². The van der Waals surface area contributed by atoms with Gasteiger partial charge in [-0.15, -0.1) is 0 Å². The first-order valence-corrected chi connectivity index (χ1v) is 10.1. The first-order chi connectivity index (χ1) is 14.6. The molecule has 0 saturated heterocycles. The summed E-state index contributed by atoms with van der Waals surface area (Å²) in [6, 6.07) is 20.9. The Bertz CT molecular complexity index is 1150. The summed E-state index contributed by atoms with van der Waals surface area (Å²) in [5.41, 5.74) is 5.22. The molecular weight excluding hydrogens is 376 g/mol. The van der Waals surface area contributed by atoms with Crippen molar-refractivity contribution in [3.05, 3.63) is 89.3 Å². The van der Waals surface area contributed by atoms with Crippen LogP contribution in [0.3, 0.4) is 0 Å². The number of nitrogens with one attached hydrogen (secondary N) is 1. The van der Waals surface area contributed by atoms with Crippen molar-refractivity contribution in [1.82, 2.24) is 4.98 Å². The summed E-state index contributed by atoms with van der Waals surface area (Å²) in [5, 5.41) is 2.92. The van der Waals surface area contributed by atoms with Crippen LogP contribution in [0.4, 0.5) is 5.69 Å². The van der Waals surface area contributed by atoms with E-state index in [1.807, 2.05) is 61.5 Å². The molecule has 1 aromatic heterocycles. The fraction of sp³-hybridized carbons (Fsp3) is 0.200. The van der Waals surface area contributed by atoms with Gasteiger partial charge in [0.15, 0.2) is 11.5 Å². The van der Waals surface area contributed by atoms with Gasteiger partial charge in [-0.2, -0.15) is 0 Å². The molecule has 0 fully saturated rings. The average molecular weight is 400 g/mol. The summed E-state index contributed by atoms with van der Waals surface area (Å²) in [6.45, 7) is 4.76. The average Bonchev–Trinajstić information content (AvgIpc) is 3.15. The lowest BCUT2D eigenvalue weighted by atomic mass is 10.1. The Hall–Kier alpha value is -3.60. The molecule has 1 amide bonds. The minimum absolute atomic E-state index is 0.154. The van der Waals surface area contributed by atoms with Crippen LogP contribution in [-0.2, 0) is 6.42 Å². The highest BCUT2D eigenvalue weighted by molar-refractivity contribution is 6.04. The lowest BCUT2D eigenvalue weighted by Crippen LogP contribution is -2.11. The van der Waals surface area contributed by atoms with Gasteiger partial charge in [-0.3, -0.25) is 4.79 Å². The van der Waals surface area contributed by atoms with Gasteiger partial charge >= 0.3 is 0 Å². The highest BCUT2D eigenvalue weighted by atomic mass is 16.5. The van der Waals surface area contributed by atoms with E-state index in [-0.39, 0.29) is 5.91 Å². The molecule has 0 aliphatic carbocycles. The van der Waals surface area contributed by atoms with Gasteiger partial charge in [0.25, 0.3) is 5.91 Å². The Morgan fingerprint density at radius 3 is 2.53 bits per heavy atom. The second-order valence-corrected chi connectivity index (χ2v) is 7.28. The number of fused-ring (bicyclic) bond motifs is 1. The Labute approximate surface area is 175 Å². The number of carbonyl (C=O) groups is 1. The van der Waals surface area contributed by atoms with Crippen molar-refractivity contribution in [3.63, 3.8) is 0 Å². The van der Waals surface area contributed by atoms with Gasteiger partial charge in [-0.1, -0.05) is 25.1 Å². The minimum Gasteiger partial charge on any atom is -0.494 e. The maximum Gasteiger partial charge on any atom is 0.255 e. The number of anilines is 1. The number of rotatable bonds is 7. The van der Waals surface area contributed by atoms with E-state index >= 15 is 0 Å². The molecule has 5 nitrogen and oxygen atoms in total. The Morgan fingerprint density at radius 2 is 1.80 bits per heavy atom. The number of hydrogen-bond donors (Lipinski definition) is 1. The van der Waals surface area contributed by atoms with E-state index < -0.39 is 0 Å². The van der Waals surface area contributed by atoms with Gasteiger partial charge in [0.2, 0.25) is 0 Å². The fourth-order valence-corrected chi connectivity index (χ4v) is 3.17. The molecule has 0 aliphatic heterocycles. The van der Waals surface area contributed by atoms with Crippen molar-refractivity contribution in [2.75, 3.05) is 11.9 Å². The number of aromatic nitrogens is 1. The second kappa shape index (κ2) is 8.82. The van der Waals surface area contributed by atoms with Crippen molar-refractivity contribution in [1.29, 1.82) is 0 Å². The van der Waals surface area contributed by atoms with E-state index in [1.54, 1.807) is 12.1 Å². The summed E-state index contributed by atoms with van der Waals surface area (Å²) in [5.74, 6) is 1.30.